The van der Waals surface area contributed by atoms with Gasteiger partial charge in [0.15, 0.2) is 0 Å². The number of fused-ring (bicyclic) bond motifs is 1. The van der Waals surface area contributed by atoms with E-state index >= 15 is 0 Å². The SMILES string of the molecule is CC(C)(C)OC(=O)N1CCC[C@@H]1C(=O)N/N=C/C1=Cc2ccccc2OC1. The van der Waals surface area contributed by atoms with Gasteiger partial charge in [-0.05, 0) is 45.8 Å². The lowest BCUT2D eigenvalue weighted by Crippen LogP contribution is -2.46. The molecule has 2 aliphatic heterocycles. The zero-order valence-electron chi connectivity index (χ0n) is 15.9. The smallest absolute Gasteiger partial charge is 0.410 e. The van der Waals surface area contributed by atoms with Crippen LogP contribution in [0.15, 0.2) is 34.9 Å². The first-order valence-electron chi connectivity index (χ1n) is 9.08. The molecule has 2 aliphatic rings. The van der Waals surface area contributed by atoms with E-state index in [9.17, 15) is 9.59 Å². The van der Waals surface area contributed by atoms with Gasteiger partial charge in [-0.25, -0.2) is 10.2 Å². The van der Waals surface area contributed by atoms with Crippen LogP contribution in [0.2, 0.25) is 0 Å². The van der Waals surface area contributed by atoms with Gasteiger partial charge in [0, 0.05) is 17.7 Å². The number of ether oxygens (including phenoxy) is 2. The standard InChI is InChI=1S/C20H25N3O4/c1-20(2,3)27-19(25)23-10-6-8-16(23)18(24)22-21-12-14-11-15-7-4-5-9-17(15)26-13-14/h4-5,7,9,11-12,16H,6,8,10,13H2,1-3H3,(H,22,24)/b21-12+/t16-/m1/s1. The molecule has 0 bridgehead atoms. The number of rotatable bonds is 3. The number of likely N-dealkylation sites (tertiary alicyclic amines) is 1. The zero-order chi connectivity index (χ0) is 19.4. The van der Waals surface area contributed by atoms with E-state index in [1.54, 1.807) is 27.0 Å². The Hall–Kier alpha value is -2.83. The maximum atomic E-state index is 12.4. The van der Waals surface area contributed by atoms with Crippen LogP contribution < -0.4 is 10.2 Å². The van der Waals surface area contributed by atoms with Crippen molar-refractivity contribution in [2.24, 2.45) is 5.10 Å². The van der Waals surface area contributed by atoms with E-state index in [-0.39, 0.29) is 5.91 Å². The van der Waals surface area contributed by atoms with Crippen LogP contribution in [0.1, 0.15) is 39.2 Å². The van der Waals surface area contributed by atoms with Gasteiger partial charge in [0.25, 0.3) is 5.91 Å². The zero-order valence-corrected chi connectivity index (χ0v) is 15.9. The molecule has 1 N–H and O–H groups in total. The van der Waals surface area contributed by atoms with Crippen molar-refractivity contribution in [2.75, 3.05) is 13.2 Å². The van der Waals surface area contributed by atoms with Crippen molar-refractivity contribution in [3.63, 3.8) is 0 Å². The molecule has 27 heavy (non-hydrogen) atoms. The van der Waals surface area contributed by atoms with Gasteiger partial charge in [0.05, 0.1) is 6.21 Å². The molecule has 1 fully saturated rings. The molecule has 3 rings (SSSR count). The fourth-order valence-corrected chi connectivity index (χ4v) is 3.04. The maximum absolute atomic E-state index is 12.4. The molecule has 7 nitrogen and oxygen atoms in total. The Bertz CT molecular complexity index is 780. The van der Waals surface area contributed by atoms with E-state index in [1.165, 1.54) is 4.90 Å². The van der Waals surface area contributed by atoms with Crippen LogP contribution in [0.5, 0.6) is 5.75 Å². The molecule has 0 saturated carbocycles. The Morgan fingerprint density at radius 1 is 1.33 bits per heavy atom. The second-order valence-electron chi connectivity index (χ2n) is 7.61. The van der Waals surface area contributed by atoms with Crippen LogP contribution in [0.4, 0.5) is 4.79 Å². The molecular weight excluding hydrogens is 346 g/mol. The summed E-state index contributed by atoms with van der Waals surface area (Å²) in [5, 5.41) is 4.03. The highest BCUT2D eigenvalue weighted by atomic mass is 16.6. The van der Waals surface area contributed by atoms with E-state index in [1.807, 2.05) is 30.3 Å². The van der Waals surface area contributed by atoms with E-state index in [0.29, 0.717) is 19.6 Å². The number of hydrogen-bond donors (Lipinski definition) is 1. The molecule has 7 heteroatoms. The fraction of sp³-hybridized carbons (Fsp3) is 0.450. The summed E-state index contributed by atoms with van der Waals surface area (Å²) >= 11 is 0. The number of hydrogen-bond acceptors (Lipinski definition) is 5. The van der Waals surface area contributed by atoms with Crippen molar-refractivity contribution in [3.8, 4) is 5.75 Å². The molecule has 0 spiro atoms. The van der Waals surface area contributed by atoms with Crippen LogP contribution in [-0.4, -0.2) is 47.9 Å². The number of nitrogens with one attached hydrogen (secondary N) is 1. The minimum absolute atomic E-state index is 0.313. The molecular formula is C20H25N3O4. The van der Waals surface area contributed by atoms with Crippen molar-refractivity contribution in [1.82, 2.24) is 10.3 Å². The van der Waals surface area contributed by atoms with E-state index in [4.69, 9.17) is 9.47 Å². The molecule has 1 atom stereocenters. The van der Waals surface area contributed by atoms with Gasteiger partial charge >= 0.3 is 6.09 Å². The number of nitrogens with zero attached hydrogens (tertiary/aromatic N) is 2. The van der Waals surface area contributed by atoms with Crippen LogP contribution in [0, 0.1) is 0 Å². The van der Waals surface area contributed by atoms with Crippen LogP contribution in [0.3, 0.4) is 0 Å². The monoisotopic (exact) mass is 371 g/mol. The van der Waals surface area contributed by atoms with Gasteiger partial charge in [0.2, 0.25) is 0 Å². The van der Waals surface area contributed by atoms with Gasteiger partial charge in [0.1, 0.15) is 24.0 Å². The van der Waals surface area contributed by atoms with Crippen molar-refractivity contribution in [3.05, 3.63) is 35.4 Å². The van der Waals surface area contributed by atoms with Crippen LogP contribution >= 0.6 is 0 Å². The van der Waals surface area contributed by atoms with Crippen molar-refractivity contribution in [2.45, 2.75) is 45.3 Å². The van der Waals surface area contributed by atoms with Gasteiger partial charge < -0.3 is 9.47 Å². The maximum Gasteiger partial charge on any atom is 0.410 e. The number of hydrazone groups is 1. The molecule has 1 saturated heterocycles. The summed E-state index contributed by atoms with van der Waals surface area (Å²) in [4.78, 5) is 26.2. The average molecular weight is 371 g/mol. The lowest BCUT2D eigenvalue weighted by molar-refractivity contribution is -0.125. The first kappa shape index (κ1) is 18.9. The molecule has 0 radical (unpaired) electrons. The predicted molar refractivity (Wildman–Crippen MR) is 103 cm³/mol. The van der Waals surface area contributed by atoms with E-state index < -0.39 is 17.7 Å². The highest BCUT2D eigenvalue weighted by Crippen LogP contribution is 2.25. The van der Waals surface area contributed by atoms with Gasteiger partial charge in [-0.15, -0.1) is 0 Å². The summed E-state index contributed by atoms with van der Waals surface area (Å²) in [6.45, 7) is 6.31. The topological polar surface area (TPSA) is 80.2 Å². The fourth-order valence-electron chi connectivity index (χ4n) is 3.04. The number of amides is 2. The van der Waals surface area contributed by atoms with Crippen molar-refractivity contribution < 1.29 is 19.1 Å². The number of para-hydroxylation sites is 1. The first-order valence-corrected chi connectivity index (χ1v) is 9.08. The molecule has 0 aliphatic carbocycles. The first-order chi connectivity index (χ1) is 12.8. The highest BCUT2D eigenvalue weighted by Gasteiger charge is 2.36. The molecule has 2 amide bonds. The highest BCUT2D eigenvalue weighted by molar-refractivity contribution is 5.90. The Balaban J connectivity index is 1.58. The van der Waals surface area contributed by atoms with Crippen molar-refractivity contribution in [1.29, 1.82) is 0 Å². The number of carbonyl (C=O) groups is 2. The Morgan fingerprint density at radius 2 is 2.11 bits per heavy atom. The second kappa shape index (κ2) is 7.82. The number of benzene rings is 1. The minimum atomic E-state index is -0.595. The summed E-state index contributed by atoms with van der Waals surface area (Å²) in [6.07, 6.45) is 4.43. The largest absolute Gasteiger partial charge is 0.488 e. The Kier molecular flexibility index (Phi) is 5.48. The summed E-state index contributed by atoms with van der Waals surface area (Å²) in [5.74, 6) is 0.519. The third-order valence-corrected chi connectivity index (χ3v) is 4.24. The molecule has 1 aromatic rings. The summed E-state index contributed by atoms with van der Waals surface area (Å²) in [6, 6.07) is 7.16. The van der Waals surface area contributed by atoms with E-state index in [2.05, 4.69) is 10.5 Å². The molecule has 144 valence electrons. The van der Waals surface area contributed by atoms with Gasteiger partial charge in [-0.2, -0.15) is 5.10 Å². The lowest BCUT2D eigenvalue weighted by Gasteiger charge is -2.27. The van der Waals surface area contributed by atoms with Gasteiger partial charge in [-0.3, -0.25) is 9.69 Å². The lowest BCUT2D eigenvalue weighted by atomic mass is 10.1. The second-order valence-corrected chi connectivity index (χ2v) is 7.61. The third-order valence-electron chi connectivity index (χ3n) is 4.24. The third kappa shape index (κ3) is 4.87. The summed E-state index contributed by atoms with van der Waals surface area (Å²) in [5.41, 5.74) is 3.76. The summed E-state index contributed by atoms with van der Waals surface area (Å²) < 4.78 is 11.0. The molecule has 0 unspecified atom stereocenters. The van der Waals surface area contributed by atoms with Crippen LogP contribution in [0.25, 0.3) is 6.08 Å². The molecule has 1 aromatic carbocycles. The van der Waals surface area contributed by atoms with Gasteiger partial charge in [-0.1, -0.05) is 18.2 Å². The average Bonchev–Trinajstić information content (AvgIpc) is 3.10. The van der Waals surface area contributed by atoms with Crippen molar-refractivity contribution >= 4 is 24.3 Å². The Morgan fingerprint density at radius 3 is 2.89 bits per heavy atom. The molecule has 2 heterocycles. The Labute approximate surface area is 159 Å². The normalized spacial score (nSPS) is 19.3. The quantitative estimate of drug-likeness (QED) is 0.654. The van der Waals surface area contributed by atoms with Crippen LogP contribution in [-0.2, 0) is 9.53 Å². The number of carbonyl (C=O) groups excluding carboxylic acids is 2. The van der Waals surface area contributed by atoms with E-state index in [0.717, 1.165) is 23.3 Å². The minimum Gasteiger partial charge on any atom is -0.488 e. The predicted octanol–water partition coefficient (Wildman–Crippen LogP) is 2.96. The molecule has 0 aromatic heterocycles. The summed E-state index contributed by atoms with van der Waals surface area (Å²) in [7, 11) is 0.